The minimum absolute atomic E-state index is 0.0397. The Bertz CT molecular complexity index is 1310. The number of thiocarbonyl (C=S) groups is 1. The number of hydrogen-bond donors (Lipinski definition) is 3. The number of rotatable bonds is 7. The van der Waals surface area contributed by atoms with E-state index < -0.39 is 37.2 Å². The van der Waals surface area contributed by atoms with Crippen molar-refractivity contribution in [1.29, 1.82) is 0 Å². The molecule has 0 saturated carbocycles. The number of nitro benzene ring substituents is 2. The number of hydrogen-bond acceptors (Lipinski definition) is 10. The van der Waals surface area contributed by atoms with Crippen molar-refractivity contribution in [1.82, 2.24) is 10.3 Å². The summed E-state index contributed by atoms with van der Waals surface area (Å²) < 4.78 is 27.0. The number of anilines is 2. The van der Waals surface area contributed by atoms with Gasteiger partial charge in [-0.05, 0) is 36.5 Å². The molecule has 3 aromatic rings. The van der Waals surface area contributed by atoms with Crippen molar-refractivity contribution in [3.8, 4) is 0 Å². The maximum Gasteiger partial charge on any atom is 0.277 e. The van der Waals surface area contributed by atoms with Crippen LogP contribution in [0.1, 0.15) is 10.4 Å². The molecule has 1 amide bonds. The van der Waals surface area contributed by atoms with Crippen LogP contribution in [-0.4, -0.2) is 34.3 Å². The van der Waals surface area contributed by atoms with Crippen molar-refractivity contribution in [3.63, 3.8) is 0 Å². The molecule has 0 aliphatic heterocycles. The zero-order valence-electron chi connectivity index (χ0n) is 16.1. The summed E-state index contributed by atoms with van der Waals surface area (Å²) in [6, 6.07) is 7.87. The molecule has 170 valence electrons. The fraction of sp³-hybridized carbons (Fsp3) is 0. The van der Waals surface area contributed by atoms with Crippen molar-refractivity contribution in [2.45, 2.75) is 4.90 Å². The zero-order valence-corrected chi connectivity index (χ0v) is 18.6. The summed E-state index contributed by atoms with van der Waals surface area (Å²) in [5.41, 5.74) is -1.26. The summed E-state index contributed by atoms with van der Waals surface area (Å²) in [4.78, 5) is 36.4. The molecular formula is C17H12N6O7S3. The minimum Gasteiger partial charge on any atom is -0.332 e. The van der Waals surface area contributed by atoms with Gasteiger partial charge in [0.2, 0.25) is 0 Å². The SMILES string of the molecule is O=C(NC(=S)Nc1ccc(S(=O)(=O)Nc2nccs2)cc1)c1cc([N+](=O)[O-])cc([N+](=O)[O-])c1. The van der Waals surface area contributed by atoms with Crippen molar-refractivity contribution >= 4 is 66.8 Å². The number of carbonyl (C=O) groups is 1. The first-order valence-corrected chi connectivity index (χ1v) is 11.4. The highest BCUT2D eigenvalue weighted by Crippen LogP contribution is 2.23. The van der Waals surface area contributed by atoms with Gasteiger partial charge in [-0.15, -0.1) is 11.3 Å². The molecule has 13 nitrogen and oxygen atoms in total. The van der Waals surface area contributed by atoms with Crippen LogP contribution in [0.2, 0.25) is 0 Å². The number of sulfonamides is 1. The molecule has 1 heterocycles. The number of thiazole rings is 1. The second-order valence-corrected chi connectivity index (χ2v) is 9.11. The van der Waals surface area contributed by atoms with Gasteiger partial charge in [-0.1, -0.05) is 0 Å². The second kappa shape index (κ2) is 9.63. The average Bonchev–Trinajstić information content (AvgIpc) is 3.25. The van der Waals surface area contributed by atoms with Crippen molar-refractivity contribution in [3.05, 3.63) is 79.8 Å². The van der Waals surface area contributed by atoms with Crippen molar-refractivity contribution in [2.75, 3.05) is 10.0 Å². The summed E-state index contributed by atoms with van der Waals surface area (Å²) in [5.74, 6) is -0.911. The van der Waals surface area contributed by atoms with Gasteiger partial charge in [0, 0.05) is 29.4 Å². The van der Waals surface area contributed by atoms with Gasteiger partial charge in [0.1, 0.15) is 0 Å². The van der Waals surface area contributed by atoms with Crippen LogP contribution in [-0.2, 0) is 10.0 Å². The van der Waals surface area contributed by atoms with Gasteiger partial charge >= 0.3 is 0 Å². The molecule has 0 aliphatic rings. The number of nitrogens with zero attached hydrogens (tertiary/aromatic N) is 3. The Morgan fingerprint density at radius 3 is 2.15 bits per heavy atom. The highest BCUT2D eigenvalue weighted by molar-refractivity contribution is 7.93. The van der Waals surface area contributed by atoms with Gasteiger partial charge in [0.15, 0.2) is 10.2 Å². The highest BCUT2D eigenvalue weighted by atomic mass is 32.2. The lowest BCUT2D eigenvalue weighted by atomic mass is 10.1. The fourth-order valence-corrected chi connectivity index (χ4v) is 4.44. The largest absolute Gasteiger partial charge is 0.332 e. The third-order valence-corrected chi connectivity index (χ3v) is 6.27. The van der Waals surface area contributed by atoms with Crippen LogP contribution >= 0.6 is 23.6 Å². The van der Waals surface area contributed by atoms with Gasteiger partial charge in [-0.2, -0.15) is 0 Å². The van der Waals surface area contributed by atoms with Gasteiger partial charge < -0.3 is 5.32 Å². The van der Waals surface area contributed by atoms with E-state index in [-0.39, 0.29) is 20.7 Å². The van der Waals surface area contributed by atoms with Crippen LogP contribution in [0, 0.1) is 20.2 Å². The Labute approximate surface area is 194 Å². The summed E-state index contributed by atoms with van der Waals surface area (Å²) in [6.45, 7) is 0. The molecule has 0 atom stereocenters. The normalized spacial score (nSPS) is 10.8. The first kappa shape index (κ1) is 23.6. The summed E-state index contributed by atoms with van der Waals surface area (Å²) in [7, 11) is -3.85. The van der Waals surface area contributed by atoms with E-state index in [9.17, 15) is 33.4 Å². The summed E-state index contributed by atoms with van der Waals surface area (Å²) in [5, 5.41) is 28.4. The molecule has 0 fully saturated rings. The van der Waals surface area contributed by atoms with Crippen molar-refractivity contribution < 1.29 is 23.1 Å². The van der Waals surface area contributed by atoms with Gasteiger partial charge in [-0.3, -0.25) is 35.1 Å². The van der Waals surface area contributed by atoms with Crippen molar-refractivity contribution in [2.24, 2.45) is 0 Å². The molecule has 0 bridgehead atoms. The molecule has 3 rings (SSSR count). The molecule has 0 unspecified atom stereocenters. The lowest BCUT2D eigenvalue weighted by Gasteiger charge is -2.11. The van der Waals surface area contributed by atoms with Crippen LogP contribution in [0.25, 0.3) is 0 Å². The topological polar surface area (TPSA) is 186 Å². The average molecular weight is 509 g/mol. The quantitative estimate of drug-likeness (QED) is 0.243. The fourth-order valence-electron chi connectivity index (χ4n) is 2.44. The number of nitrogens with one attached hydrogen (secondary N) is 3. The maximum absolute atomic E-state index is 12.4. The van der Waals surface area contributed by atoms with Gasteiger partial charge in [0.25, 0.3) is 27.3 Å². The molecule has 0 radical (unpaired) electrons. The smallest absolute Gasteiger partial charge is 0.277 e. The van der Waals surface area contributed by atoms with E-state index in [1.54, 1.807) is 5.38 Å². The number of aromatic nitrogens is 1. The van der Waals surface area contributed by atoms with Crippen LogP contribution in [0.4, 0.5) is 22.2 Å². The molecule has 2 aromatic carbocycles. The van der Waals surface area contributed by atoms with E-state index in [4.69, 9.17) is 12.2 Å². The number of non-ortho nitro benzene ring substituents is 2. The molecule has 0 spiro atoms. The molecule has 16 heteroatoms. The van der Waals surface area contributed by atoms with Crippen LogP contribution < -0.4 is 15.4 Å². The van der Waals surface area contributed by atoms with E-state index in [0.717, 1.165) is 29.5 Å². The summed E-state index contributed by atoms with van der Waals surface area (Å²) in [6.07, 6.45) is 1.45. The molecule has 3 N–H and O–H groups in total. The lowest BCUT2D eigenvalue weighted by Crippen LogP contribution is -2.34. The Morgan fingerprint density at radius 2 is 1.64 bits per heavy atom. The van der Waals surface area contributed by atoms with Crippen LogP contribution in [0.5, 0.6) is 0 Å². The lowest BCUT2D eigenvalue weighted by molar-refractivity contribution is -0.394. The van der Waals surface area contributed by atoms with E-state index in [1.807, 2.05) is 0 Å². The van der Waals surface area contributed by atoms with E-state index in [1.165, 1.54) is 30.5 Å². The molecule has 0 saturated heterocycles. The number of carbonyl (C=O) groups excluding carboxylic acids is 1. The number of benzene rings is 2. The Morgan fingerprint density at radius 1 is 1.03 bits per heavy atom. The van der Waals surface area contributed by atoms with Crippen LogP contribution in [0.3, 0.4) is 0 Å². The Hall–Kier alpha value is -4.02. The number of nitro groups is 2. The zero-order chi connectivity index (χ0) is 24.2. The highest BCUT2D eigenvalue weighted by Gasteiger charge is 2.20. The van der Waals surface area contributed by atoms with Gasteiger partial charge in [-0.25, -0.2) is 13.4 Å². The van der Waals surface area contributed by atoms with Gasteiger partial charge in [0.05, 0.1) is 26.4 Å². The molecule has 1 aromatic heterocycles. The molecule has 33 heavy (non-hydrogen) atoms. The molecule has 0 aliphatic carbocycles. The first-order chi connectivity index (χ1) is 15.5. The third kappa shape index (κ3) is 6.03. The van der Waals surface area contributed by atoms with E-state index in [0.29, 0.717) is 5.69 Å². The van der Waals surface area contributed by atoms with E-state index in [2.05, 4.69) is 20.3 Å². The van der Waals surface area contributed by atoms with Crippen LogP contribution in [0.15, 0.2) is 58.9 Å². The maximum atomic E-state index is 12.4. The second-order valence-electron chi connectivity index (χ2n) is 6.13. The minimum atomic E-state index is -3.85. The predicted molar refractivity (Wildman–Crippen MR) is 123 cm³/mol. The standard InChI is InChI=1S/C17H12N6O7S3/c24-15(10-7-12(22(25)26)9-13(8-10)23(27)28)20-16(31)19-11-1-3-14(4-2-11)33(29,30)21-17-18-5-6-32-17/h1-9H,(H,18,21)(H2,19,20,24,31). The predicted octanol–water partition coefficient (Wildman–Crippen LogP) is 2.89. The third-order valence-electron chi connectivity index (χ3n) is 3.89. The van der Waals surface area contributed by atoms with E-state index >= 15 is 0 Å². The first-order valence-electron chi connectivity index (χ1n) is 8.64. The Kier molecular flexibility index (Phi) is 6.90. The number of amides is 1. The summed E-state index contributed by atoms with van der Waals surface area (Å²) >= 11 is 6.13. The monoisotopic (exact) mass is 508 g/mol. The molecular weight excluding hydrogens is 496 g/mol. The Balaban J connectivity index is 1.68.